The van der Waals surface area contributed by atoms with Gasteiger partial charge in [0, 0.05) is 18.7 Å². The lowest BCUT2D eigenvalue weighted by molar-refractivity contribution is 0.0709. The minimum atomic E-state index is 0.152. The highest BCUT2D eigenvalue weighted by molar-refractivity contribution is 5.96. The van der Waals surface area contributed by atoms with Crippen LogP contribution in [0.25, 0.3) is 0 Å². The van der Waals surface area contributed by atoms with E-state index >= 15 is 0 Å². The van der Waals surface area contributed by atoms with Crippen molar-refractivity contribution in [2.24, 2.45) is 5.92 Å². The molecule has 114 valence electrons. The van der Waals surface area contributed by atoms with E-state index in [-0.39, 0.29) is 11.9 Å². The third kappa shape index (κ3) is 3.62. The monoisotopic (exact) mass is 277 g/mol. The van der Waals surface area contributed by atoms with Crippen LogP contribution in [0.15, 0.2) is 24.3 Å². The van der Waals surface area contributed by atoms with Crippen LogP contribution in [0.4, 0.5) is 0 Å². The normalized spacial score (nSPS) is 24.5. The zero-order valence-corrected chi connectivity index (χ0v) is 14.4. The molecule has 1 aromatic carbocycles. The quantitative estimate of drug-likeness (QED) is 0.657. The van der Waals surface area contributed by atoms with Crippen molar-refractivity contribution >= 4 is 5.91 Å². The van der Waals surface area contributed by atoms with Gasteiger partial charge in [0.2, 0.25) is 0 Å². The number of carbonyl (C=O) groups is 1. The van der Waals surface area contributed by atoms with Crippen LogP contribution in [0.5, 0.6) is 0 Å². The van der Waals surface area contributed by atoms with Crippen LogP contribution >= 0.6 is 0 Å². The highest BCUT2D eigenvalue weighted by Crippen LogP contribution is 2.34. The van der Waals surface area contributed by atoms with E-state index in [2.05, 4.69) is 26.8 Å². The van der Waals surface area contributed by atoms with E-state index in [1.54, 1.807) is 0 Å². The van der Waals surface area contributed by atoms with Crippen molar-refractivity contribution < 1.29 is 4.79 Å². The fourth-order valence-electron chi connectivity index (χ4n) is 2.52. The first-order chi connectivity index (χ1) is 9.54. The van der Waals surface area contributed by atoms with Gasteiger partial charge >= 0.3 is 0 Å². The molecule has 20 heavy (non-hydrogen) atoms. The van der Waals surface area contributed by atoms with Crippen LogP contribution in [0.3, 0.4) is 0 Å². The average Bonchev–Trinajstić information content (AvgIpc) is 2.59. The van der Waals surface area contributed by atoms with E-state index in [0.29, 0.717) is 11.8 Å². The summed E-state index contributed by atoms with van der Waals surface area (Å²) in [4.78, 5) is 14.1. The standard InChI is InChI=1S/C14H19NO.2C2H6/c1-9-10(2)12-7-5-6-8-13(12)14(16)15(4)11(9)3;2*1-2/h5-11H,1-4H3;2*1-2H3. The molecule has 0 saturated carbocycles. The summed E-state index contributed by atoms with van der Waals surface area (Å²) in [5.74, 6) is 1.07. The smallest absolute Gasteiger partial charge is 0.254 e. The molecule has 1 aliphatic rings. The van der Waals surface area contributed by atoms with Crippen molar-refractivity contribution in [3.63, 3.8) is 0 Å². The molecule has 0 radical (unpaired) electrons. The number of hydrogen-bond acceptors (Lipinski definition) is 1. The Balaban J connectivity index is 0.000000829. The number of benzene rings is 1. The van der Waals surface area contributed by atoms with Crippen molar-refractivity contribution in [3.8, 4) is 0 Å². The van der Waals surface area contributed by atoms with E-state index in [4.69, 9.17) is 0 Å². The molecule has 3 unspecified atom stereocenters. The molecule has 2 heteroatoms. The third-order valence-electron chi connectivity index (χ3n) is 4.16. The molecule has 0 aliphatic carbocycles. The summed E-state index contributed by atoms with van der Waals surface area (Å²) < 4.78 is 0. The predicted molar refractivity (Wildman–Crippen MR) is 88.3 cm³/mol. The summed E-state index contributed by atoms with van der Waals surface area (Å²) in [5, 5.41) is 0. The summed E-state index contributed by atoms with van der Waals surface area (Å²) in [7, 11) is 1.90. The van der Waals surface area contributed by atoms with Gasteiger partial charge < -0.3 is 4.90 Å². The highest BCUT2D eigenvalue weighted by Gasteiger charge is 2.33. The molecule has 0 fully saturated rings. The number of fused-ring (bicyclic) bond motifs is 1. The van der Waals surface area contributed by atoms with Crippen LogP contribution in [0.1, 0.15) is 70.3 Å². The van der Waals surface area contributed by atoms with Crippen LogP contribution in [0.2, 0.25) is 0 Å². The maximum absolute atomic E-state index is 12.3. The first-order valence-corrected chi connectivity index (χ1v) is 7.90. The van der Waals surface area contributed by atoms with Crippen LogP contribution in [-0.2, 0) is 0 Å². The molecular weight excluding hydrogens is 246 g/mol. The molecule has 0 bridgehead atoms. The molecule has 0 spiro atoms. The molecule has 0 saturated heterocycles. The minimum Gasteiger partial charge on any atom is -0.339 e. The second-order valence-electron chi connectivity index (χ2n) is 4.89. The lowest BCUT2D eigenvalue weighted by Crippen LogP contribution is -2.37. The Morgan fingerprint density at radius 1 is 0.950 bits per heavy atom. The van der Waals surface area contributed by atoms with Gasteiger partial charge in [0.25, 0.3) is 5.91 Å². The number of hydrogen-bond donors (Lipinski definition) is 0. The molecule has 1 aromatic rings. The van der Waals surface area contributed by atoms with Crippen LogP contribution in [-0.4, -0.2) is 23.9 Å². The third-order valence-corrected chi connectivity index (χ3v) is 4.16. The molecule has 1 amide bonds. The van der Waals surface area contributed by atoms with E-state index < -0.39 is 0 Å². The first kappa shape index (κ1) is 18.7. The molecule has 3 atom stereocenters. The molecule has 1 aliphatic heterocycles. The number of rotatable bonds is 0. The van der Waals surface area contributed by atoms with Gasteiger partial charge in [-0.2, -0.15) is 0 Å². The van der Waals surface area contributed by atoms with Crippen molar-refractivity contribution in [3.05, 3.63) is 35.4 Å². The van der Waals surface area contributed by atoms with Gasteiger partial charge in [-0.1, -0.05) is 59.7 Å². The molecule has 2 rings (SSSR count). The van der Waals surface area contributed by atoms with Gasteiger partial charge in [-0.05, 0) is 30.4 Å². The largest absolute Gasteiger partial charge is 0.339 e. The summed E-state index contributed by atoms with van der Waals surface area (Å²) in [6.45, 7) is 14.6. The zero-order chi connectivity index (χ0) is 15.9. The lowest BCUT2D eigenvalue weighted by atomic mass is 9.84. The maximum Gasteiger partial charge on any atom is 0.254 e. The van der Waals surface area contributed by atoms with Gasteiger partial charge in [-0.3, -0.25) is 4.79 Å². The Kier molecular flexibility index (Phi) is 8.21. The SMILES string of the molecule is CC.CC.CC1c2ccccc2C(=O)N(C)C(C)C1C. The Morgan fingerprint density at radius 3 is 2.00 bits per heavy atom. The van der Waals surface area contributed by atoms with E-state index in [1.165, 1.54) is 5.56 Å². The van der Waals surface area contributed by atoms with E-state index in [9.17, 15) is 4.79 Å². The second-order valence-corrected chi connectivity index (χ2v) is 4.89. The Morgan fingerprint density at radius 2 is 1.45 bits per heavy atom. The molecule has 1 heterocycles. The number of nitrogens with zero attached hydrogens (tertiary/aromatic N) is 1. The summed E-state index contributed by atoms with van der Waals surface area (Å²) in [6.07, 6.45) is 0. The average molecular weight is 277 g/mol. The van der Waals surface area contributed by atoms with Gasteiger partial charge in [0.05, 0.1) is 0 Å². The summed E-state index contributed by atoms with van der Waals surface area (Å²) in [5.41, 5.74) is 2.06. The summed E-state index contributed by atoms with van der Waals surface area (Å²) in [6, 6.07) is 8.27. The topological polar surface area (TPSA) is 20.3 Å². The van der Waals surface area contributed by atoms with Crippen molar-refractivity contribution in [1.29, 1.82) is 0 Å². The molecular formula is C18H31NO. The van der Waals surface area contributed by atoms with Crippen molar-refractivity contribution in [2.45, 2.75) is 60.4 Å². The minimum absolute atomic E-state index is 0.152. The predicted octanol–water partition coefficient (Wildman–Crippen LogP) is 4.95. The zero-order valence-electron chi connectivity index (χ0n) is 14.4. The van der Waals surface area contributed by atoms with Gasteiger partial charge in [0.1, 0.15) is 0 Å². The van der Waals surface area contributed by atoms with E-state index in [0.717, 1.165) is 5.56 Å². The van der Waals surface area contributed by atoms with Gasteiger partial charge in [-0.15, -0.1) is 0 Å². The van der Waals surface area contributed by atoms with Crippen LogP contribution in [0, 0.1) is 5.92 Å². The Hall–Kier alpha value is -1.31. The van der Waals surface area contributed by atoms with Crippen molar-refractivity contribution in [2.75, 3.05) is 7.05 Å². The molecule has 0 aromatic heterocycles. The number of amides is 1. The molecule has 2 nitrogen and oxygen atoms in total. The van der Waals surface area contributed by atoms with Crippen LogP contribution < -0.4 is 0 Å². The second kappa shape index (κ2) is 8.78. The fraction of sp³-hybridized carbons (Fsp3) is 0.611. The Bertz CT molecular complexity index is 414. The van der Waals surface area contributed by atoms with Crippen molar-refractivity contribution in [1.82, 2.24) is 4.90 Å². The number of carbonyl (C=O) groups excluding carboxylic acids is 1. The summed E-state index contributed by atoms with van der Waals surface area (Å²) >= 11 is 0. The fourth-order valence-corrected chi connectivity index (χ4v) is 2.52. The Labute approximate surface area is 125 Å². The van der Waals surface area contributed by atoms with Gasteiger partial charge in [-0.25, -0.2) is 0 Å². The highest BCUT2D eigenvalue weighted by atomic mass is 16.2. The van der Waals surface area contributed by atoms with Gasteiger partial charge in [0.15, 0.2) is 0 Å². The first-order valence-electron chi connectivity index (χ1n) is 7.90. The lowest BCUT2D eigenvalue weighted by Gasteiger charge is -2.29. The maximum atomic E-state index is 12.3. The van der Waals surface area contributed by atoms with E-state index in [1.807, 2.05) is 57.8 Å². The molecule has 0 N–H and O–H groups in total.